The first-order valence-electron chi connectivity index (χ1n) is 11.6. The Morgan fingerprint density at radius 2 is 1.70 bits per heavy atom. The standard InChI is InChI=1S/C24H39N3O2.HI/c1-25-24(26-17-9-4-10-20-28-21-11-5-2-6-12-21)27-18-15-23(16-19-27)29-22-13-7-3-8-14-22;/h3,7-8,13-14,21,23H,2,4-6,9-12,15-20H2,1H3,(H,25,26);1H. The van der Waals surface area contributed by atoms with Gasteiger partial charge in [0.1, 0.15) is 11.9 Å². The van der Waals surface area contributed by atoms with Crippen LogP contribution < -0.4 is 10.1 Å². The highest BCUT2D eigenvalue weighted by molar-refractivity contribution is 14.0. The molecule has 1 heterocycles. The Morgan fingerprint density at radius 3 is 2.40 bits per heavy atom. The second kappa shape index (κ2) is 14.9. The third kappa shape index (κ3) is 9.00. The van der Waals surface area contributed by atoms with E-state index < -0.39 is 0 Å². The number of nitrogens with one attached hydrogen (secondary N) is 1. The van der Waals surface area contributed by atoms with Crippen LogP contribution in [-0.2, 0) is 4.74 Å². The molecule has 1 aromatic carbocycles. The van der Waals surface area contributed by atoms with Crippen LogP contribution in [0.5, 0.6) is 5.75 Å². The first-order chi connectivity index (χ1) is 14.3. The molecule has 0 radical (unpaired) electrons. The van der Waals surface area contributed by atoms with Crippen molar-refractivity contribution in [1.29, 1.82) is 0 Å². The zero-order valence-electron chi connectivity index (χ0n) is 18.6. The summed E-state index contributed by atoms with van der Waals surface area (Å²) >= 11 is 0. The van der Waals surface area contributed by atoms with Crippen LogP contribution in [0.1, 0.15) is 64.2 Å². The lowest BCUT2D eigenvalue weighted by Crippen LogP contribution is -2.47. The number of aliphatic imine (C=N–C) groups is 1. The summed E-state index contributed by atoms with van der Waals surface area (Å²) in [5.41, 5.74) is 0. The number of likely N-dealkylation sites (tertiary alicyclic amines) is 1. The van der Waals surface area contributed by atoms with Crippen molar-refractivity contribution in [2.24, 2.45) is 4.99 Å². The van der Waals surface area contributed by atoms with Crippen molar-refractivity contribution in [2.45, 2.75) is 76.4 Å². The van der Waals surface area contributed by atoms with Crippen molar-refractivity contribution in [3.05, 3.63) is 30.3 Å². The summed E-state index contributed by atoms with van der Waals surface area (Å²) < 4.78 is 12.1. The lowest BCUT2D eigenvalue weighted by molar-refractivity contribution is 0.0264. The molecule has 30 heavy (non-hydrogen) atoms. The number of guanidine groups is 1. The number of hydrogen-bond acceptors (Lipinski definition) is 3. The van der Waals surface area contributed by atoms with E-state index in [0.29, 0.717) is 12.2 Å². The smallest absolute Gasteiger partial charge is 0.193 e. The quantitative estimate of drug-likeness (QED) is 0.206. The van der Waals surface area contributed by atoms with E-state index >= 15 is 0 Å². The highest BCUT2D eigenvalue weighted by atomic mass is 127. The molecule has 0 amide bonds. The van der Waals surface area contributed by atoms with E-state index in [1.54, 1.807) is 0 Å². The number of hydrogen-bond donors (Lipinski definition) is 1. The number of ether oxygens (including phenoxy) is 2. The summed E-state index contributed by atoms with van der Waals surface area (Å²) in [6.07, 6.45) is 13.1. The molecule has 1 aromatic rings. The van der Waals surface area contributed by atoms with Crippen LogP contribution in [0, 0.1) is 0 Å². The number of benzene rings is 1. The Labute approximate surface area is 200 Å². The molecule has 6 heteroatoms. The van der Waals surface area contributed by atoms with Crippen molar-refractivity contribution < 1.29 is 9.47 Å². The molecule has 1 saturated heterocycles. The van der Waals surface area contributed by atoms with Gasteiger partial charge in [-0.3, -0.25) is 4.99 Å². The molecule has 170 valence electrons. The maximum atomic E-state index is 6.10. The van der Waals surface area contributed by atoms with Crippen molar-refractivity contribution in [3.8, 4) is 5.75 Å². The van der Waals surface area contributed by atoms with Crippen LogP contribution in [0.25, 0.3) is 0 Å². The number of para-hydroxylation sites is 1. The summed E-state index contributed by atoms with van der Waals surface area (Å²) in [6, 6.07) is 10.1. The predicted octanol–water partition coefficient (Wildman–Crippen LogP) is 5.24. The molecule has 0 bridgehead atoms. The second-order valence-electron chi connectivity index (χ2n) is 8.28. The van der Waals surface area contributed by atoms with E-state index in [1.165, 1.54) is 51.4 Å². The van der Waals surface area contributed by atoms with Crippen LogP contribution in [0.15, 0.2) is 35.3 Å². The lowest BCUT2D eigenvalue weighted by atomic mass is 9.98. The van der Waals surface area contributed by atoms with Crippen molar-refractivity contribution in [1.82, 2.24) is 10.2 Å². The SMILES string of the molecule is CN=C(NCCCCCOC1CCCCC1)N1CCC(Oc2ccccc2)CC1.I. The molecule has 0 unspecified atom stereocenters. The Hall–Kier alpha value is -1.02. The highest BCUT2D eigenvalue weighted by Crippen LogP contribution is 2.21. The molecule has 2 aliphatic rings. The van der Waals surface area contributed by atoms with Crippen LogP contribution >= 0.6 is 24.0 Å². The van der Waals surface area contributed by atoms with Gasteiger partial charge in [0, 0.05) is 46.1 Å². The van der Waals surface area contributed by atoms with Gasteiger partial charge in [-0.05, 0) is 44.2 Å². The largest absolute Gasteiger partial charge is 0.490 e. The Balaban J connectivity index is 0.00000320. The summed E-state index contributed by atoms with van der Waals surface area (Å²) in [7, 11) is 1.88. The molecule has 3 rings (SSSR count). The van der Waals surface area contributed by atoms with Gasteiger partial charge in [0.15, 0.2) is 5.96 Å². The lowest BCUT2D eigenvalue weighted by Gasteiger charge is -2.34. The minimum Gasteiger partial charge on any atom is -0.490 e. The second-order valence-corrected chi connectivity index (χ2v) is 8.28. The zero-order chi connectivity index (χ0) is 20.2. The van der Waals surface area contributed by atoms with E-state index in [4.69, 9.17) is 9.47 Å². The van der Waals surface area contributed by atoms with E-state index in [9.17, 15) is 0 Å². The molecule has 5 nitrogen and oxygen atoms in total. The molecular formula is C24H40IN3O2. The minimum atomic E-state index is 0. The van der Waals surface area contributed by atoms with Gasteiger partial charge in [-0.2, -0.15) is 0 Å². The number of rotatable bonds is 9. The third-order valence-electron chi connectivity index (χ3n) is 6.01. The van der Waals surface area contributed by atoms with Gasteiger partial charge in [-0.15, -0.1) is 24.0 Å². The fourth-order valence-electron chi connectivity index (χ4n) is 4.30. The van der Waals surface area contributed by atoms with Crippen LogP contribution in [0.3, 0.4) is 0 Å². The molecular weight excluding hydrogens is 489 g/mol. The maximum absolute atomic E-state index is 6.10. The van der Waals surface area contributed by atoms with Crippen molar-refractivity contribution in [3.63, 3.8) is 0 Å². The van der Waals surface area contributed by atoms with Gasteiger partial charge in [0.2, 0.25) is 0 Å². The van der Waals surface area contributed by atoms with Crippen LogP contribution in [0.2, 0.25) is 0 Å². The Bertz CT molecular complexity index is 585. The van der Waals surface area contributed by atoms with E-state index in [-0.39, 0.29) is 24.0 Å². The number of piperidine rings is 1. The zero-order valence-corrected chi connectivity index (χ0v) is 20.9. The number of unbranched alkanes of at least 4 members (excludes halogenated alkanes) is 2. The molecule has 0 aromatic heterocycles. The minimum absolute atomic E-state index is 0. The fourth-order valence-corrected chi connectivity index (χ4v) is 4.30. The van der Waals surface area contributed by atoms with Gasteiger partial charge in [0.25, 0.3) is 0 Å². The van der Waals surface area contributed by atoms with Crippen molar-refractivity contribution in [2.75, 3.05) is 33.3 Å². The Kier molecular flexibility index (Phi) is 12.5. The van der Waals surface area contributed by atoms with E-state index in [0.717, 1.165) is 50.8 Å². The summed E-state index contributed by atoms with van der Waals surface area (Å²) in [5, 5.41) is 3.54. The predicted molar refractivity (Wildman–Crippen MR) is 135 cm³/mol. The van der Waals surface area contributed by atoms with E-state index in [1.807, 2.05) is 37.4 Å². The molecule has 1 aliphatic heterocycles. The topological polar surface area (TPSA) is 46.1 Å². The molecule has 1 saturated carbocycles. The maximum Gasteiger partial charge on any atom is 0.193 e. The monoisotopic (exact) mass is 529 g/mol. The average molecular weight is 530 g/mol. The fraction of sp³-hybridized carbons (Fsp3) is 0.708. The summed E-state index contributed by atoms with van der Waals surface area (Å²) in [4.78, 5) is 6.84. The highest BCUT2D eigenvalue weighted by Gasteiger charge is 2.22. The number of nitrogens with zero attached hydrogens (tertiary/aromatic N) is 2. The first kappa shape index (κ1) is 25.2. The number of halogens is 1. The molecule has 0 spiro atoms. The van der Waals surface area contributed by atoms with Gasteiger partial charge in [-0.25, -0.2) is 0 Å². The van der Waals surface area contributed by atoms with Gasteiger partial charge in [-0.1, -0.05) is 37.5 Å². The normalized spacial score (nSPS) is 18.7. The third-order valence-corrected chi connectivity index (χ3v) is 6.01. The van der Waals surface area contributed by atoms with Crippen LogP contribution in [-0.4, -0.2) is 56.4 Å². The molecule has 2 fully saturated rings. The van der Waals surface area contributed by atoms with Crippen molar-refractivity contribution >= 4 is 29.9 Å². The van der Waals surface area contributed by atoms with Gasteiger partial charge in [0.05, 0.1) is 6.10 Å². The van der Waals surface area contributed by atoms with Crippen LogP contribution in [0.4, 0.5) is 0 Å². The Morgan fingerprint density at radius 1 is 0.967 bits per heavy atom. The van der Waals surface area contributed by atoms with E-state index in [2.05, 4.69) is 15.2 Å². The summed E-state index contributed by atoms with van der Waals surface area (Å²) in [6.45, 7) is 3.89. The van der Waals surface area contributed by atoms with Gasteiger partial charge >= 0.3 is 0 Å². The molecule has 1 N–H and O–H groups in total. The first-order valence-corrected chi connectivity index (χ1v) is 11.6. The van der Waals surface area contributed by atoms with Gasteiger partial charge < -0.3 is 19.7 Å². The molecule has 0 atom stereocenters. The summed E-state index contributed by atoms with van der Waals surface area (Å²) in [5.74, 6) is 2.00. The average Bonchev–Trinajstić information content (AvgIpc) is 2.78. The molecule has 1 aliphatic carbocycles.